The SMILES string of the molecule is COc1ccc(C2(C(=O)N3CCC4(CC3)C(OC)CN4c3cccc(F)c3)CC2)cc1. The zero-order valence-corrected chi connectivity index (χ0v) is 18.1. The van der Waals surface area contributed by atoms with E-state index in [-0.39, 0.29) is 28.8 Å². The molecule has 1 atom stereocenters. The van der Waals surface area contributed by atoms with E-state index < -0.39 is 0 Å². The number of amides is 1. The van der Waals surface area contributed by atoms with E-state index in [1.807, 2.05) is 35.2 Å². The molecule has 2 aromatic carbocycles. The molecule has 1 amide bonds. The molecule has 2 saturated heterocycles. The molecule has 5 nitrogen and oxygen atoms in total. The number of carbonyl (C=O) groups excluding carboxylic acids is 1. The van der Waals surface area contributed by atoms with Crippen LogP contribution in [0.2, 0.25) is 0 Å². The van der Waals surface area contributed by atoms with Gasteiger partial charge in [-0.1, -0.05) is 18.2 Å². The lowest BCUT2D eigenvalue weighted by Crippen LogP contribution is -2.74. The molecule has 1 aliphatic carbocycles. The highest BCUT2D eigenvalue weighted by molar-refractivity contribution is 5.91. The fourth-order valence-electron chi connectivity index (χ4n) is 5.53. The minimum Gasteiger partial charge on any atom is -0.497 e. The first kappa shape index (κ1) is 20.3. The predicted octanol–water partition coefficient (Wildman–Crippen LogP) is 3.76. The number of carbonyl (C=O) groups is 1. The number of hydrogen-bond acceptors (Lipinski definition) is 4. The van der Waals surface area contributed by atoms with Gasteiger partial charge in [0.25, 0.3) is 0 Å². The number of ether oxygens (including phenoxy) is 2. The van der Waals surface area contributed by atoms with Crippen molar-refractivity contribution >= 4 is 11.6 Å². The van der Waals surface area contributed by atoms with Crippen molar-refractivity contribution in [2.24, 2.45) is 0 Å². The van der Waals surface area contributed by atoms with E-state index in [1.165, 1.54) is 6.07 Å². The number of nitrogens with zero attached hydrogens (tertiary/aromatic N) is 2. The Labute approximate surface area is 182 Å². The Hall–Kier alpha value is -2.60. The summed E-state index contributed by atoms with van der Waals surface area (Å²) in [6.07, 6.45) is 3.55. The first-order valence-electron chi connectivity index (χ1n) is 11.0. The van der Waals surface area contributed by atoms with Crippen molar-refractivity contribution in [1.29, 1.82) is 0 Å². The van der Waals surface area contributed by atoms with Gasteiger partial charge in [-0.2, -0.15) is 0 Å². The maximum atomic E-state index is 13.8. The van der Waals surface area contributed by atoms with E-state index in [9.17, 15) is 9.18 Å². The number of methoxy groups -OCH3 is 2. The van der Waals surface area contributed by atoms with Gasteiger partial charge >= 0.3 is 0 Å². The fourth-order valence-corrected chi connectivity index (χ4v) is 5.53. The zero-order chi connectivity index (χ0) is 21.6. The summed E-state index contributed by atoms with van der Waals surface area (Å²) in [6, 6.07) is 14.7. The van der Waals surface area contributed by atoms with Gasteiger partial charge in [-0.05, 0) is 61.6 Å². The van der Waals surface area contributed by atoms with Crippen LogP contribution in [0.15, 0.2) is 48.5 Å². The summed E-state index contributed by atoms with van der Waals surface area (Å²) < 4.78 is 24.9. The Kier molecular flexibility index (Phi) is 4.93. The Morgan fingerprint density at radius 3 is 2.32 bits per heavy atom. The predicted molar refractivity (Wildman–Crippen MR) is 117 cm³/mol. The second kappa shape index (κ2) is 7.52. The average molecular weight is 425 g/mol. The highest BCUT2D eigenvalue weighted by atomic mass is 19.1. The van der Waals surface area contributed by atoms with Crippen LogP contribution in [0.4, 0.5) is 10.1 Å². The highest BCUT2D eigenvalue weighted by Gasteiger charge is 2.58. The minimum absolute atomic E-state index is 0.101. The molecule has 31 heavy (non-hydrogen) atoms. The van der Waals surface area contributed by atoms with Crippen LogP contribution in [-0.2, 0) is 14.9 Å². The van der Waals surface area contributed by atoms with Crippen LogP contribution in [-0.4, -0.2) is 56.3 Å². The van der Waals surface area contributed by atoms with Crippen molar-refractivity contribution in [3.8, 4) is 5.75 Å². The van der Waals surface area contributed by atoms with E-state index in [1.54, 1.807) is 26.4 Å². The topological polar surface area (TPSA) is 42.0 Å². The fraction of sp³-hybridized carbons (Fsp3) is 0.480. The molecule has 1 saturated carbocycles. The number of rotatable bonds is 5. The number of halogens is 1. The number of benzene rings is 2. The average Bonchev–Trinajstić information content (AvgIpc) is 3.60. The molecule has 1 unspecified atom stereocenters. The molecule has 0 radical (unpaired) electrons. The maximum absolute atomic E-state index is 13.8. The monoisotopic (exact) mass is 424 g/mol. The molecule has 0 aromatic heterocycles. The zero-order valence-electron chi connectivity index (χ0n) is 18.1. The van der Waals surface area contributed by atoms with Crippen molar-refractivity contribution in [3.05, 3.63) is 59.9 Å². The molecule has 3 aliphatic rings. The van der Waals surface area contributed by atoms with E-state index in [0.29, 0.717) is 13.1 Å². The van der Waals surface area contributed by atoms with Gasteiger partial charge in [-0.3, -0.25) is 4.79 Å². The van der Waals surface area contributed by atoms with Crippen LogP contribution < -0.4 is 9.64 Å². The number of likely N-dealkylation sites (tertiary alicyclic amines) is 1. The number of anilines is 1. The van der Waals surface area contributed by atoms with Gasteiger partial charge < -0.3 is 19.3 Å². The lowest BCUT2D eigenvalue weighted by Gasteiger charge is -2.62. The Morgan fingerprint density at radius 2 is 1.74 bits per heavy atom. The summed E-state index contributed by atoms with van der Waals surface area (Å²) in [4.78, 5) is 17.8. The quantitative estimate of drug-likeness (QED) is 0.733. The maximum Gasteiger partial charge on any atom is 0.233 e. The third-order valence-corrected chi connectivity index (χ3v) is 7.61. The number of piperidine rings is 1. The van der Waals surface area contributed by atoms with E-state index in [2.05, 4.69) is 4.90 Å². The van der Waals surface area contributed by atoms with Gasteiger partial charge in [0.15, 0.2) is 0 Å². The summed E-state index contributed by atoms with van der Waals surface area (Å²) in [5.41, 5.74) is 1.43. The molecule has 2 aliphatic heterocycles. The minimum atomic E-state index is -0.376. The third kappa shape index (κ3) is 3.19. The molecule has 0 N–H and O–H groups in total. The lowest BCUT2D eigenvalue weighted by atomic mass is 9.73. The van der Waals surface area contributed by atoms with Crippen molar-refractivity contribution in [2.45, 2.75) is 42.7 Å². The van der Waals surface area contributed by atoms with Gasteiger partial charge in [0.1, 0.15) is 11.6 Å². The van der Waals surface area contributed by atoms with Crippen LogP contribution in [0.5, 0.6) is 5.75 Å². The molecule has 6 heteroatoms. The molecule has 0 bridgehead atoms. The summed E-state index contributed by atoms with van der Waals surface area (Å²) in [7, 11) is 3.40. The van der Waals surface area contributed by atoms with Gasteiger partial charge in [-0.25, -0.2) is 4.39 Å². The largest absolute Gasteiger partial charge is 0.497 e. The molecule has 164 valence electrons. The third-order valence-electron chi connectivity index (χ3n) is 7.61. The molecule has 2 aromatic rings. The molecular weight excluding hydrogens is 395 g/mol. The normalized spacial score (nSPS) is 23.4. The van der Waals surface area contributed by atoms with Gasteiger partial charge in [0, 0.05) is 32.4 Å². The highest BCUT2D eigenvalue weighted by Crippen LogP contribution is 2.51. The first-order valence-corrected chi connectivity index (χ1v) is 11.0. The molecule has 1 spiro atoms. The first-order chi connectivity index (χ1) is 15.0. The van der Waals surface area contributed by atoms with E-state index >= 15 is 0 Å². The Balaban J connectivity index is 1.31. The van der Waals surface area contributed by atoms with Crippen LogP contribution >= 0.6 is 0 Å². The second-order valence-corrected chi connectivity index (χ2v) is 9.02. The Bertz CT molecular complexity index is 965. The summed E-state index contributed by atoms with van der Waals surface area (Å²) in [5.74, 6) is 0.814. The standard InChI is InChI=1S/C25H29FN2O3/c1-30-21-8-6-18(7-9-21)24(10-11-24)23(29)27-14-12-25(13-15-27)22(31-2)17-28(25)20-5-3-4-19(26)16-20/h3-9,16,22H,10-15,17H2,1-2H3. The van der Waals surface area contributed by atoms with Crippen molar-refractivity contribution in [1.82, 2.24) is 4.90 Å². The van der Waals surface area contributed by atoms with Crippen molar-refractivity contribution < 1.29 is 18.7 Å². The van der Waals surface area contributed by atoms with Crippen LogP contribution in [0, 0.1) is 5.82 Å². The van der Waals surface area contributed by atoms with Crippen LogP contribution in [0.25, 0.3) is 0 Å². The summed E-state index contributed by atoms with van der Waals surface area (Å²) in [6.45, 7) is 2.15. The second-order valence-electron chi connectivity index (χ2n) is 9.02. The summed E-state index contributed by atoms with van der Waals surface area (Å²) >= 11 is 0. The summed E-state index contributed by atoms with van der Waals surface area (Å²) in [5, 5.41) is 0. The molecule has 5 rings (SSSR count). The van der Waals surface area contributed by atoms with E-state index in [0.717, 1.165) is 49.2 Å². The molecule has 3 fully saturated rings. The smallest absolute Gasteiger partial charge is 0.233 e. The molecule has 2 heterocycles. The lowest BCUT2D eigenvalue weighted by molar-refractivity contribution is -0.137. The van der Waals surface area contributed by atoms with Crippen LogP contribution in [0.1, 0.15) is 31.2 Å². The molecular formula is C25H29FN2O3. The van der Waals surface area contributed by atoms with Crippen molar-refractivity contribution in [3.63, 3.8) is 0 Å². The van der Waals surface area contributed by atoms with Gasteiger partial charge in [0.2, 0.25) is 5.91 Å². The van der Waals surface area contributed by atoms with Gasteiger partial charge in [-0.15, -0.1) is 0 Å². The van der Waals surface area contributed by atoms with Crippen molar-refractivity contribution in [2.75, 3.05) is 38.8 Å². The van der Waals surface area contributed by atoms with Gasteiger partial charge in [0.05, 0.1) is 24.2 Å². The van der Waals surface area contributed by atoms with E-state index in [4.69, 9.17) is 9.47 Å². The Morgan fingerprint density at radius 1 is 1.03 bits per heavy atom. The number of hydrogen-bond donors (Lipinski definition) is 0. The van der Waals surface area contributed by atoms with Crippen LogP contribution in [0.3, 0.4) is 0 Å².